The number of allylic oxidation sites excluding steroid dienone is 9. The second-order valence-electron chi connectivity index (χ2n) is 18.3. The van der Waals surface area contributed by atoms with Crippen molar-refractivity contribution in [2.75, 3.05) is 6.61 Å². The second kappa shape index (κ2) is 50.6. The first-order valence-corrected chi connectivity index (χ1v) is 27.0. The molecule has 0 aliphatic rings. The van der Waals surface area contributed by atoms with Crippen molar-refractivity contribution in [1.29, 1.82) is 0 Å². The maximum atomic E-state index is 13.2. The topological polar surface area (TPSA) is 95.9 Å². The quantitative estimate of drug-likeness (QED) is 0.0321. The molecule has 0 aliphatic carbocycles. The molecule has 0 rings (SSSR count). The molecule has 0 aromatic heterocycles. The molecular formula is C57H103NO5. The van der Waals surface area contributed by atoms with Crippen molar-refractivity contribution in [1.82, 2.24) is 5.32 Å². The lowest BCUT2D eigenvalue weighted by molar-refractivity contribution is -0.150. The highest BCUT2D eigenvalue weighted by atomic mass is 16.5. The molecule has 6 nitrogen and oxygen atoms in total. The zero-order valence-corrected chi connectivity index (χ0v) is 41.7. The number of amides is 1. The van der Waals surface area contributed by atoms with Gasteiger partial charge < -0.3 is 20.3 Å². The molecule has 6 heteroatoms. The number of esters is 1. The molecule has 3 N–H and O–H groups in total. The number of rotatable bonds is 48. The lowest BCUT2D eigenvalue weighted by atomic mass is 10.0. The van der Waals surface area contributed by atoms with Gasteiger partial charge in [-0.2, -0.15) is 0 Å². The lowest BCUT2D eigenvalue weighted by Crippen LogP contribution is -2.46. The smallest absolute Gasteiger partial charge is 0.306 e. The zero-order valence-electron chi connectivity index (χ0n) is 41.7. The summed E-state index contributed by atoms with van der Waals surface area (Å²) >= 11 is 0. The number of carbonyl (C=O) groups is 2. The number of carbonyl (C=O) groups excluding carboxylic acids is 2. The van der Waals surface area contributed by atoms with Gasteiger partial charge in [0.15, 0.2) is 0 Å². The van der Waals surface area contributed by atoms with Crippen LogP contribution in [0, 0.1) is 0 Å². The Kier molecular flexibility index (Phi) is 48.6. The molecule has 0 fully saturated rings. The number of unbranched alkanes of at least 4 members (excludes halogenated alkanes) is 27. The third kappa shape index (κ3) is 45.9. The summed E-state index contributed by atoms with van der Waals surface area (Å²) in [6.07, 6.45) is 63.0. The van der Waals surface area contributed by atoms with Gasteiger partial charge in [0.1, 0.15) is 6.10 Å². The molecular weight excluding hydrogens is 779 g/mol. The van der Waals surface area contributed by atoms with E-state index in [1.54, 1.807) is 0 Å². The number of hydrogen-bond acceptors (Lipinski definition) is 5. The van der Waals surface area contributed by atoms with E-state index in [2.05, 4.69) is 80.8 Å². The van der Waals surface area contributed by atoms with Crippen molar-refractivity contribution in [2.24, 2.45) is 0 Å². The molecule has 0 spiro atoms. The molecule has 366 valence electrons. The summed E-state index contributed by atoms with van der Waals surface area (Å²) < 4.78 is 5.86. The summed E-state index contributed by atoms with van der Waals surface area (Å²) in [5, 5.41) is 23.8. The Hall–Kier alpha value is -2.44. The van der Waals surface area contributed by atoms with Crippen LogP contribution in [0.2, 0.25) is 0 Å². The molecule has 63 heavy (non-hydrogen) atoms. The van der Waals surface area contributed by atoms with Gasteiger partial charge >= 0.3 is 5.97 Å². The molecule has 0 saturated carbocycles. The first kappa shape index (κ1) is 60.6. The minimum absolute atomic E-state index is 0.00453. The molecule has 0 heterocycles. The van der Waals surface area contributed by atoms with Gasteiger partial charge in [0.05, 0.1) is 25.2 Å². The predicted octanol–water partition coefficient (Wildman–Crippen LogP) is 16.4. The van der Waals surface area contributed by atoms with E-state index in [1.165, 1.54) is 148 Å². The van der Waals surface area contributed by atoms with Gasteiger partial charge in [0.2, 0.25) is 5.91 Å². The Morgan fingerprint density at radius 2 is 0.841 bits per heavy atom. The van der Waals surface area contributed by atoms with Crippen molar-refractivity contribution in [3.63, 3.8) is 0 Å². The summed E-state index contributed by atoms with van der Waals surface area (Å²) in [5.41, 5.74) is 0. The number of aliphatic hydroxyl groups is 2. The first-order valence-electron chi connectivity index (χ1n) is 27.0. The van der Waals surface area contributed by atoms with Crippen molar-refractivity contribution in [3.8, 4) is 0 Å². The van der Waals surface area contributed by atoms with E-state index in [0.717, 1.165) is 70.6 Å². The molecule has 0 bridgehead atoms. The fourth-order valence-corrected chi connectivity index (χ4v) is 7.93. The van der Waals surface area contributed by atoms with Crippen molar-refractivity contribution in [3.05, 3.63) is 60.8 Å². The lowest BCUT2D eigenvalue weighted by Gasteiger charge is -2.24. The van der Waals surface area contributed by atoms with Gasteiger partial charge in [-0.1, -0.05) is 236 Å². The monoisotopic (exact) mass is 882 g/mol. The number of aliphatic hydroxyl groups excluding tert-OH is 2. The molecule has 0 saturated heterocycles. The van der Waals surface area contributed by atoms with Gasteiger partial charge in [0, 0.05) is 12.8 Å². The van der Waals surface area contributed by atoms with Crippen LogP contribution in [0.15, 0.2) is 60.8 Å². The van der Waals surface area contributed by atoms with Gasteiger partial charge in [-0.05, 0) is 70.6 Å². The van der Waals surface area contributed by atoms with Crippen LogP contribution in [0.1, 0.15) is 265 Å². The van der Waals surface area contributed by atoms with E-state index in [0.29, 0.717) is 19.3 Å². The minimum atomic E-state index is -0.814. The Balaban J connectivity index is 4.68. The largest absolute Gasteiger partial charge is 0.461 e. The van der Waals surface area contributed by atoms with Crippen LogP contribution in [-0.4, -0.2) is 46.9 Å². The number of hydrogen-bond donors (Lipinski definition) is 3. The van der Waals surface area contributed by atoms with E-state index < -0.39 is 18.2 Å². The van der Waals surface area contributed by atoms with E-state index >= 15 is 0 Å². The Bertz CT molecular complexity index is 1130. The van der Waals surface area contributed by atoms with Crippen LogP contribution in [0.25, 0.3) is 0 Å². The third-order valence-corrected chi connectivity index (χ3v) is 12.1. The van der Waals surface area contributed by atoms with Gasteiger partial charge in [0.25, 0.3) is 0 Å². The van der Waals surface area contributed by atoms with Crippen LogP contribution in [-0.2, 0) is 14.3 Å². The number of nitrogens with one attached hydrogen (secondary N) is 1. The Morgan fingerprint density at radius 3 is 1.32 bits per heavy atom. The highest BCUT2D eigenvalue weighted by Gasteiger charge is 2.23. The van der Waals surface area contributed by atoms with E-state index in [9.17, 15) is 19.8 Å². The SMILES string of the molecule is CCCCC/C=C\C/C=C\C/C=C\C/C=C\CC(CC(=O)NC(CO)C(O)CCCCCCCCCCCCCCCCCC)OC(=O)CCCCC/C=C\CCCCCCCC. The fourth-order valence-electron chi connectivity index (χ4n) is 7.93. The number of ether oxygens (including phenoxy) is 1. The zero-order chi connectivity index (χ0) is 45.9. The van der Waals surface area contributed by atoms with E-state index in [4.69, 9.17) is 4.74 Å². The average molecular weight is 882 g/mol. The van der Waals surface area contributed by atoms with Gasteiger partial charge in [-0.15, -0.1) is 0 Å². The van der Waals surface area contributed by atoms with Crippen LogP contribution in [0.4, 0.5) is 0 Å². The van der Waals surface area contributed by atoms with Crippen molar-refractivity contribution in [2.45, 2.75) is 283 Å². The van der Waals surface area contributed by atoms with Gasteiger partial charge in [-0.3, -0.25) is 9.59 Å². The standard InChI is InChI=1S/C57H103NO5/c1-4-7-10-13-16-19-22-25-27-29-32-34-37-40-43-46-49-55(60)54(52-59)58-56(61)51-53(48-45-42-39-36-33-31-28-26-23-20-17-14-11-8-5-2)63-57(62)50-47-44-41-38-35-30-24-21-18-15-12-9-6-3/h17,20,26,28,30,33,35-36,42,45,53-55,59-60H,4-16,18-19,21-25,27,29,31-32,34,37-41,43-44,46-52H2,1-3H3,(H,58,61)/b20-17-,28-26-,35-30-,36-33-,45-42-. The Labute approximate surface area is 390 Å². The molecule has 0 aromatic rings. The molecule has 0 radical (unpaired) electrons. The van der Waals surface area contributed by atoms with E-state index in [-0.39, 0.29) is 24.9 Å². The van der Waals surface area contributed by atoms with Crippen LogP contribution in [0.5, 0.6) is 0 Å². The average Bonchev–Trinajstić information content (AvgIpc) is 3.28. The summed E-state index contributed by atoms with van der Waals surface area (Å²) in [6.45, 7) is 6.43. The normalized spacial score (nSPS) is 13.7. The van der Waals surface area contributed by atoms with Crippen LogP contribution in [0.3, 0.4) is 0 Å². The summed E-state index contributed by atoms with van der Waals surface area (Å²) in [6, 6.07) is -0.735. The third-order valence-electron chi connectivity index (χ3n) is 12.1. The second-order valence-corrected chi connectivity index (χ2v) is 18.3. The predicted molar refractivity (Wildman–Crippen MR) is 273 cm³/mol. The summed E-state index contributed by atoms with van der Waals surface area (Å²) in [5.74, 6) is -0.592. The van der Waals surface area contributed by atoms with Crippen molar-refractivity contribution < 1.29 is 24.5 Å². The first-order chi connectivity index (χ1) is 31.0. The molecule has 0 aliphatic heterocycles. The summed E-state index contributed by atoms with van der Waals surface area (Å²) in [7, 11) is 0. The molecule has 0 aromatic carbocycles. The minimum Gasteiger partial charge on any atom is -0.461 e. The highest BCUT2D eigenvalue weighted by Crippen LogP contribution is 2.16. The van der Waals surface area contributed by atoms with E-state index in [1.807, 2.05) is 6.08 Å². The van der Waals surface area contributed by atoms with Crippen LogP contribution < -0.4 is 5.32 Å². The van der Waals surface area contributed by atoms with Gasteiger partial charge in [-0.25, -0.2) is 0 Å². The highest BCUT2D eigenvalue weighted by molar-refractivity contribution is 5.77. The molecule has 3 unspecified atom stereocenters. The maximum absolute atomic E-state index is 13.2. The molecule has 3 atom stereocenters. The van der Waals surface area contributed by atoms with Crippen molar-refractivity contribution >= 4 is 11.9 Å². The fraction of sp³-hybridized carbons (Fsp3) is 0.789. The maximum Gasteiger partial charge on any atom is 0.306 e. The Morgan fingerprint density at radius 1 is 0.476 bits per heavy atom. The summed E-state index contributed by atoms with van der Waals surface area (Å²) in [4.78, 5) is 26.1. The van der Waals surface area contributed by atoms with Crippen LogP contribution >= 0.6 is 0 Å². The molecule has 1 amide bonds.